The van der Waals surface area contributed by atoms with Crippen LogP contribution in [-0.2, 0) is 9.53 Å². The fourth-order valence-electron chi connectivity index (χ4n) is 2.61. The van der Waals surface area contributed by atoms with Gasteiger partial charge in [0.15, 0.2) is 17.2 Å². The first-order valence-corrected chi connectivity index (χ1v) is 9.49. The summed E-state index contributed by atoms with van der Waals surface area (Å²) in [6, 6.07) is 11.3. The number of rotatable bonds is 6. The first-order valence-electron chi connectivity index (χ1n) is 8.70. The molecule has 0 fully saturated rings. The summed E-state index contributed by atoms with van der Waals surface area (Å²) in [5.74, 6) is 1.07. The molecule has 0 N–H and O–H groups in total. The molecule has 3 rings (SSSR count). The van der Waals surface area contributed by atoms with Crippen LogP contribution >= 0.6 is 15.9 Å². The number of halogens is 1. The quantitative estimate of drug-likeness (QED) is 0.483. The van der Waals surface area contributed by atoms with Crippen LogP contribution in [0.2, 0.25) is 0 Å². The lowest BCUT2D eigenvalue weighted by Crippen LogP contribution is -2.05. The number of ether oxygens (including phenoxy) is 3. The van der Waals surface area contributed by atoms with E-state index in [9.17, 15) is 4.79 Å². The molecule has 0 saturated carbocycles. The van der Waals surface area contributed by atoms with Crippen LogP contribution < -0.4 is 9.47 Å². The van der Waals surface area contributed by atoms with Gasteiger partial charge in [-0.05, 0) is 72.6 Å². The van der Waals surface area contributed by atoms with Gasteiger partial charge < -0.3 is 14.2 Å². The van der Waals surface area contributed by atoms with E-state index in [1.807, 2.05) is 57.2 Å². The zero-order valence-electron chi connectivity index (χ0n) is 15.4. The second-order valence-electron chi connectivity index (χ2n) is 5.90. The summed E-state index contributed by atoms with van der Waals surface area (Å²) in [5.41, 5.74) is 2.89. The molecule has 140 valence electrons. The average molecular weight is 430 g/mol. The fourth-order valence-corrected chi connectivity index (χ4v) is 3.18. The van der Waals surface area contributed by atoms with Crippen molar-refractivity contribution in [3.8, 4) is 11.5 Å². The van der Waals surface area contributed by atoms with Gasteiger partial charge in [-0.1, -0.05) is 17.7 Å². The molecule has 6 heteroatoms. The third-order valence-electron chi connectivity index (χ3n) is 3.84. The number of aliphatic imine (C=N–C) groups is 1. The summed E-state index contributed by atoms with van der Waals surface area (Å²) in [6.45, 7) is 6.84. The molecule has 1 aliphatic heterocycles. The van der Waals surface area contributed by atoms with Crippen LogP contribution in [0.5, 0.6) is 11.5 Å². The summed E-state index contributed by atoms with van der Waals surface area (Å²) in [4.78, 5) is 16.6. The van der Waals surface area contributed by atoms with Gasteiger partial charge in [-0.3, -0.25) is 0 Å². The number of hydrogen-bond donors (Lipinski definition) is 0. The molecular weight excluding hydrogens is 410 g/mol. The molecular formula is C21H20BrNO4. The number of benzene rings is 2. The van der Waals surface area contributed by atoms with E-state index in [0.29, 0.717) is 30.6 Å². The molecule has 27 heavy (non-hydrogen) atoms. The van der Waals surface area contributed by atoms with Crippen LogP contribution in [0.1, 0.15) is 30.5 Å². The molecule has 0 amide bonds. The van der Waals surface area contributed by atoms with Crippen LogP contribution in [0.15, 0.2) is 51.6 Å². The van der Waals surface area contributed by atoms with Crippen LogP contribution in [0, 0.1) is 6.92 Å². The third kappa shape index (κ3) is 4.39. The third-order valence-corrected chi connectivity index (χ3v) is 4.43. The molecule has 1 aliphatic rings. The zero-order chi connectivity index (χ0) is 19.4. The van der Waals surface area contributed by atoms with Gasteiger partial charge in [0, 0.05) is 5.56 Å². The summed E-state index contributed by atoms with van der Waals surface area (Å²) >= 11 is 3.50. The molecule has 0 radical (unpaired) electrons. The highest BCUT2D eigenvalue weighted by molar-refractivity contribution is 9.10. The summed E-state index contributed by atoms with van der Waals surface area (Å²) in [7, 11) is 0. The predicted molar refractivity (Wildman–Crippen MR) is 108 cm³/mol. The minimum Gasteiger partial charge on any atom is -0.490 e. The van der Waals surface area contributed by atoms with Crippen molar-refractivity contribution in [1.29, 1.82) is 0 Å². The standard InChI is InChI=1S/C21H20BrNO4/c1-4-25-18-12-14(10-16(22)19(18)26-5-2)11-17-21(24)27-20(23-17)15-8-6-13(3)7-9-15/h6-12H,4-5H2,1-3H3/b17-11-. The molecule has 0 bridgehead atoms. The maximum atomic E-state index is 12.2. The summed E-state index contributed by atoms with van der Waals surface area (Å²) < 4.78 is 17.4. The average Bonchev–Trinajstić information content (AvgIpc) is 2.99. The molecule has 0 spiro atoms. The van der Waals surface area contributed by atoms with Gasteiger partial charge in [0.1, 0.15) is 0 Å². The van der Waals surface area contributed by atoms with Gasteiger partial charge in [0.05, 0.1) is 17.7 Å². The lowest BCUT2D eigenvalue weighted by molar-refractivity contribution is -0.129. The van der Waals surface area contributed by atoms with Gasteiger partial charge >= 0.3 is 5.97 Å². The lowest BCUT2D eigenvalue weighted by Gasteiger charge is -2.13. The first kappa shape index (κ1) is 19.2. The number of aryl methyl sites for hydroxylation is 1. The lowest BCUT2D eigenvalue weighted by atomic mass is 10.1. The maximum Gasteiger partial charge on any atom is 0.363 e. The number of cyclic esters (lactones) is 1. The summed E-state index contributed by atoms with van der Waals surface area (Å²) in [5, 5.41) is 0. The number of carbonyl (C=O) groups excluding carboxylic acids is 1. The Hall–Kier alpha value is -2.60. The predicted octanol–water partition coefficient (Wildman–Crippen LogP) is 4.90. The number of carbonyl (C=O) groups is 1. The topological polar surface area (TPSA) is 57.1 Å². The molecule has 5 nitrogen and oxygen atoms in total. The molecule has 2 aromatic rings. The second kappa shape index (κ2) is 8.39. The fraction of sp³-hybridized carbons (Fsp3) is 0.238. The van der Waals surface area contributed by atoms with Crippen molar-refractivity contribution < 1.29 is 19.0 Å². The second-order valence-corrected chi connectivity index (χ2v) is 6.75. The molecule has 1 heterocycles. The summed E-state index contributed by atoms with van der Waals surface area (Å²) in [6.07, 6.45) is 1.67. The highest BCUT2D eigenvalue weighted by Crippen LogP contribution is 2.37. The highest BCUT2D eigenvalue weighted by Gasteiger charge is 2.24. The first-order chi connectivity index (χ1) is 13.0. The minimum atomic E-state index is -0.478. The Morgan fingerprint density at radius 3 is 2.48 bits per heavy atom. The highest BCUT2D eigenvalue weighted by atomic mass is 79.9. The molecule has 0 aromatic heterocycles. The molecule has 2 aromatic carbocycles. The number of esters is 1. The van der Waals surface area contributed by atoms with Gasteiger partial charge in [-0.25, -0.2) is 9.79 Å². The minimum absolute atomic E-state index is 0.240. The van der Waals surface area contributed by atoms with Gasteiger partial charge in [-0.2, -0.15) is 0 Å². The van der Waals surface area contributed by atoms with Crippen molar-refractivity contribution in [3.05, 3.63) is 63.3 Å². The van der Waals surface area contributed by atoms with Crippen molar-refractivity contribution in [1.82, 2.24) is 0 Å². The molecule has 0 aliphatic carbocycles. The van der Waals surface area contributed by atoms with E-state index < -0.39 is 5.97 Å². The Labute approximate surface area is 166 Å². The Morgan fingerprint density at radius 1 is 1.11 bits per heavy atom. The Morgan fingerprint density at radius 2 is 1.81 bits per heavy atom. The molecule has 0 saturated heterocycles. The Bertz CT molecular complexity index is 917. The van der Waals surface area contributed by atoms with E-state index in [1.165, 1.54) is 0 Å². The SMILES string of the molecule is CCOc1cc(/C=C2\N=C(c3ccc(C)cc3)OC2=O)cc(Br)c1OCC. The Balaban J connectivity index is 1.95. The van der Waals surface area contributed by atoms with E-state index in [-0.39, 0.29) is 5.70 Å². The van der Waals surface area contributed by atoms with Crippen molar-refractivity contribution in [2.24, 2.45) is 4.99 Å². The van der Waals surface area contributed by atoms with E-state index in [2.05, 4.69) is 20.9 Å². The monoisotopic (exact) mass is 429 g/mol. The smallest absolute Gasteiger partial charge is 0.363 e. The molecule has 0 unspecified atom stereocenters. The van der Waals surface area contributed by atoms with Crippen LogP contribution in [-0.4, -0.2) is 25.1 Å². The maximum absolute atomic E-state index is 12.2. The van der Waals surface area contributed by atoms with Crippen LogP contribution in [0.25, 0.3) is 6.08 Å². The van der Waals surface area contributed by atoms with E-state index >= 15 is 0 Å². The van der Waals surface area contributed by atoms with Crippen molar-refractivity contribution in [3.63, 3.8) is 0 Å². The molecule has 0 atom stereocenters. The zero-order valence-corrected chi connectivity index (χ0v) is 17.0. The largest absolute Gasteiger partial charge is 0.490 e. The van der Waals surface area contributed by atoms with Crippen molar-refractivity contribution in [2.45, 2.75) is 20.8 Å². The van der Waals surface area contributed by atoms with Crippen LogP contribution in [0.4, 0.5) is 0 Å². The van der Waals surface area contributed by atoms with Crippen molar-refractivity contribution in [2.75, 3.05) is 13.2 Å². The van der Waals surface area contributed by atoms with E-state index in [4.69, 9.17) is 14.2 Å². The Kier molecular flexibility index (Phi) is 5.96. The van der Waals surface area contributed by atoms with E-state index in [0.717, 1.165) is 21.2 Å². The number of hydrogen-bond acceptors (Lipinski definition) is 5. The van der Waals surface area contributed by atoms with Crippen molar-refractivity contribution >= 4 is 33.9 Å². The van der Waals surface area contributed by atoms with E-state index in [1.54, 1.807) is 6.08 Å². The van der Waals surface area contributed by atoms with Gasteiger partial charge in [0.2, 0.25) is 5.90 Å². The van der Waals surface area contributed by atoms with Gasteiger partial charge in [0.25, 0.3) is 0 Å². The van der Waals surface area contributed by atoms with Crippen LogP contribution in [0.3, 0.4) is 0 Å². The number of nitrogens with zero attached hydrogens (tertiary/aromatic N) is 1. The normalized spacial score (nSPS) is 14.9. The van der Waals surface area contributed by atoms with Gasteiger partial charge in [-0.15, -0.1) is 0 Å².